The SMILES string of the molecule is Cc1ccc(-c2cn(CCCS(N)(=O)=O)nn2)cc1C(=O)c1ccc(Nc2ccc(F)cc2F)cc1Cl. The third kappa shape index (κ3) is 6.56. The first-order valence-electron chi connectivity index (χ1n) is 11.1. The zero-order valence-corrected chi connectivity index (χ0v) is 21.2. The number of rotatable bonds is 9. The van der Waals surface area contributed by atoms with Gasteiger partial charge in [0.15, 0.2) is 5.78 Å². The first-order valence-corrected chi connectivity index (χ1v) is 13.2. The van der Waals surface area contributed by atoms with Crippen molar-refractivity contribution in [3.8, 4) is 11.3 Å². The number of hydrogen-bond donors (Lipinski definition) is 2. The van der Waals surface area contributed by atoms with Gasteiger partial charge in [0.25, 0.3) is 0 Å². The van der Waals surface area contributed by atoms with E-state index in [1.807, 2.05) is 0 Å². The molecular weight excluding hydrogens is 524 g/mol. The highest BCUT2D eigenvalue weighted by atomic mass is 35.5. The third-order valence-electron chi connectivity index (χ3n) is 5.56. The van der Waals surface area contributed by atoms with Crippen molar-refractivity contribution in [2.75, 3.05) is 11.1 Å². The van der Waals surface area contributed by atoms with Gasteiger partial charge in [-0.3, -0.25) is 9.48 Å². The average molecular weight is 546 g/mol. The van der Waals surface area contributed by atoms with Crippen LogP contribution in [0, 0.1) is 18.6 Å². The molecule has 0 amide bonds. The maximum atomic E-state index is 14.0. The Kier molecular flexibility index (Phi) is 7.67. The van der Waals surface area contributed by atoms with Crippen LogP contribution in [0.4, 0.5) is 20.2 Å². The average Bonchev–Trinajstić information content (AvgIpc) is 3.29. The van der Waals surface area contributed by atoms with Crippen LogP contribution in [0.15, 0.2) is 60.8 Å². The zero-order valence-electron chi connectivity index (χ0n) is 19.6. The summed E-state index contributed by atoms with van der Waals surface area (Å²) in [5, 5.41) is 16.1. The molecule has 12 heteroatoms. The van der Waals surface area contributed by atoms with Gasteiger partial charge in [-0.2, -0.15) is 0 Å². The molecule has 8 nitrogen and oxygen atoms in total. The van der Waals surface area contributed by atoms with Gasteiger partial charge >= 0.3 is 0 Å². The lowest BCUT2D eigenvalue weighted by molar-refractivity contribution is 0.103. The number of carbonyl (C=O) groups excluding carboxylic acids is 1. The maximum Gasteiger partial charge on any atom is 0.209 e. The Morgan fingerprint density at radius 2 is 1.86 bits per heavy atom. The molecule has 0 bridgehead atoms. The van der Waals surface area contributed by atoms with E-state index in [-0.39, 0.29) is 34.2 Å². The monoisotopic (exact) mass is 545 g/mol. The Morgan fingerprint density at radius 1 is 1.08 bits per heavy atom. The second kappa shape index (κ2) is 10.8. The molecule has 1 heterocycles. The van der Waals surface area contributed by atoms with Crippen LogP contribution in [0.5, 0.6) is 0 Å². The second-order valence-corrected chi connectivity index (χ2v) is 10.5. The van der Waals surface area contributed by atoms with Crippen LogP contribution in [0.1, 0.15) is 27.9 Å². The fourth-order valence-corrected chi connectivity index (χ4v) is 4.46. The van der Waals surface area contributed by atoms with E-state index in [9.17, 15) is 22.0 Å². The molecule has 0 saturated carbocycles. The quantitative estimate of drug-likeness (QED) is 0.290. The number of benzene rings is 3. The minimum atomic E-state index is -3.56. The molecule has 0 aliphatic carbocycles. The summed E-state index contributed by atoms with van der Waals surface area (Å²) in [4.78, 5) is 13.4. The summed E-state index contributed by atoms with van der Waals surface area (Å²) in [7, 11) is -3.56. The summed E-state index contributed by atoms with van der Waals surface area (Å²) >= 11 is 6.41. The van der Waals surface area contributed by atoms with Crippen LogP contribution in [0.25, 0.3) is 11.3 Å². The number of halogens is 3. The summed E-state index contributed by atoms with van der Waals surface area (Å²) in [6.45, 7) is 2.11. The number of aromatic nitrogens is 3. The van der Waals surface area contributed by atoms with Gasteiger partial charge in [0, 0.05) is 35.0 Å². The van der Waals surface area contributed by atoms with Gasteiger partial charge in [-0.15, -0.1) is 5.10 Å². The summed E-state index contributed by atoms with van der Waals surface area (Å²) < 4.78 is 50.8. The molecule has 0 atom stereocenters. The van der Waals surface area contributed by atoms with Gasteiger partial charge in [0.2, 0.25) is 10.0 Å². The number of aryl methyl sites for hydroxylation is 2. The van der Waals surface area contributed by atoms with Crippen molar-refractivity contribution < 1.29 is 22.0 Å². The molecule has 0 fully saturated rings. The molecule has 0 aliphatic heterocycles. The Morgan fingerprint density at radius 3 is 2.57 bits per heavy atom. The molecule has 3 aromatic carbocycles. The third-order valence-corrected chi connectivity index (χ3v) is 6.73. The lowest BCUT2D eigenvalue weighted by atomic mass is 9.96. The minimum Gasteiger partial charge on any atom is -0.353 e. The largest absolute Gasteiger partial charge is 0.353 e. The lowest BCUT2D eigenvalue weighted by Gasteiger charge is -2.12. The highest BCUT2D eigenvalue weighted by Crippen LogP contribution is 2.29. The highest BCUT2D eigenvalue weighted by molar-refractivity contribution is 7.89. The van der Waals surface area contributed by atoms with E-state index >= 15 is 0 Å². The van der Waals surface area contributed by atoms with E-state index in [1.165, 1.54) is 22.9 Å². The number of nitrogens with two attached hydrogens (primary N) is 1. The molecule has 0 aliphatic rings. The fraction of sp³-hybridized carbons (Fsp3) is 0.160. The topological polar surface area (TPSA) is 120 Å². The van der Waals surface area contributed by atoms with E-state index in [0.717, 1.165) is 17.7 Å². The minimum absolute atomic E-state index is 0.0674. The van der Waals surface area contributed by atoms with Crippen LogP contribution in [0.3, 0.4) is 0 Å². The first-order chi connectivity index (χ1) is 17.5. The smallest absolute Gasteiger partial charge is 0.209 e. The van der Waals surface area contributed by atoms with Gasteiger partial charge in [0.1, 0.15) is 17.3 Å². The zero-order chi connectivity index (χ0) is 26.7. The van der Waals surface area contributed by atoms with Crippen LogP contribution < -0.4 is 10.5 Å². The number of ketones is 1. The van der Waals surface area contributed by atoms with Crippen LogP contribution in [-0.2, 0) is 16.6 Å². The van der Waals surface area contributed by atoms with Crippen LogP contribution >= 0.6 is 11.6 Å². The van der Waals surface area contributed by atoms with Crippen molar-refractivity contribution in [3.63, 3.8) is 0 Å². The maximum absolute atomic E-state index is 14.0. The van der Waals surface area contributed by atoms with Gasteiger partial charge < -0.3 is 5.32 Å². The van der Waals surface area contributed by atoms with Gasteiger partial charge in [0.05, 0.1) is 22.7 Å². The molecule has 4 rings (SSSR count). The molecule has 192 valence electrons. The summed E-state index contributed by atoms with van der Waals surface area (Å²) in [5.41, 5.74) is 3.03. The Hall–Kier alpha value is -3.67. The van der Waals surface area contributed by atoms with Gasteiger partial charge in [-0.25, -0.2) is 22.3 Å². The predicted molar refractivity (Wildman–Crippen MR) is 137 cm³/mol. The van der Waals surface area contributed by atoms with Gasteiger partial charge in [-0.1, -0.05) is 28.9 Å². The Bertz CT molecular complexity index is 1590. The van der Waals surface area contributed by atoms with Crippen molar-refractivity contribution in [2.24, 2.45) is 5.14 Å². The normalized spacial score (nSPS) is 11.5. The molecule has 37 heavy (non-hydrogen) atoms. The molecular formula is C25H22ClF2N5O3S. The Labute approximate surface area is 217 Å². The fourth-order valence-electron chi connectivity index (χ4n) is 3.66. The highest BCUT2D eigenvalue weighted by Gasteiger charge is 2.18. The summed E-state index contributed by atoms with van der Waals surface area (Å²) in [5.74, 6) is -1.93. The van der Waals surface area contributed by atoms with Crippen molar-refractivity contribution in [1.29, 1.82) is 0 Å². The molecule has 0 saturated heterocycles. The molecule has 3 N–H and O–H groups in total. The first kappa shape index (κ1) is 26.4. The number of anilines is 2. The van der Waals surface area contributed by atoms with Gasteiger partial charge in [-0.05, 0) is 55.3 Å². The standard InChI is InChI=1S/C25H22ClF2N5O3S/c1-15-3-4-16(24-14-33(32-31-24)9-2-10-37(29,35)36)11-20(15)25(34)19-7-6-18(13-21(19)26)30-23-8-5-17(27)12-22(23)28/h3-8,11-14,30H,2,9-10H2,1H3,(H2,29,35,36). The molecule has 0 unspecified atom stereocenters. The van der Waals surface area contributed by atoms with E-state index in [4.69, 9.17) is 16.7 Å². The number of primary sulfonamides is 1. The molecule has 4 aromatic rings. The number of nitrogens with one attached hydrogen (secondary N) is 1. The number of sulfonamides is 1. The molecule has 1 aromatic heterocycles. The van der Waals surface area contributed by atoms with Crippen LogP contribution in [-0.4, -0.2) is 34.9 Å². The number of carbonyl (C=O) groups is 1. The second-order valence-electron chi connectivity index (χ2n) is 8.39. The summed E-state index contributed by atoms with van der Waals surface area (Å²) in [6.07, 6.45) is 1.94. The molecule has 0 radical (unpaired) electrons. The van der Waals surface area contributed by atoms with E-state index in [0.29, 0.717) is 29.1 Å². The van der Waals surface area contributed by atoms with Crippen molar-refractivity contribution >= 4 is 38.8 Å². The number of nitrogens with zero attached hydrogens (tertiary/aromatic N) is 3. The van der Waals surface area contributed by atoms with E-state index in [2.05, 4.69) is 15.6 Å². The van der Waals surface area contributed by atoms with Crippen LogP contribution in [0.2, 0.25) is 5.02 Å². The molecule has 0 spiro atoms. The lowest BCUT2D eigenvalue weighted by Crippen LogP contribution is -2.17. The predicted octanol–water partition coefficient (Wildman–Crippen LogP) is 4.84. The van der Waals surface area contributed by atoms with Crippen molar-refractivity contribution in [1.82, 2.24) is 15.0 Å². The van der Waals surface area contributed by atoms with E-state index in [1.54, 1.807) is 37.4 Å². The summed E-state index contributed by atoms with van der Waals surface area (Å²) in [6, 6.07) is 13.0. The van der Waals surface area contributed by atoms with Crippen molar-refractivity contribution in [3.05, 3.63) is 94.1 Å². The number of hydrogen-bond acceptors (Lipinski definition) is 6. The Balaban J connectivity index is 1.54. The van der Waals surface area contributed by atoms with Crippen molar-refractivity contribution in [2.45, 2.75) is 19.9 Å². The van der Waals surface area contributed by atoms with E-state index < -0.39 is 21.7 Å².